The number of azide groups is 1. The summed E-state index contributed by atoms with van der Waals surface area (Å²) in [6.45, 7) is 0.440. The quantitative estimate of drug-likeness (QED) is 0.280. The van der Waals surface area contributed by atoms with Crippen LogP contribution in [0.15, 0.2) is 23.3 Å². The highest BCUT2D eigenvalue weighted by Gasteiger charge is 1.96. The van der Waals surface area contributed by atoms with Crippen molar-refractivity contribution in [2.24, 2.45) is 5.11 Å². The molecule has 0 saturated carbocycles. The number of rotatable bonds is 4. The topological polar surface area (TPSA) is 87.7 Å². The van der Waals surface area contributed by atoms with Gasteiger partial charge in [0.15, 0.2) is 5.15 Å². The van der Waals surface area contributed by atoms with Crippen molar-refractivity contribution in [2.45, 2.75) is 6.42 Å². The first-order valence-electron chi connectivity index (χ1n) is 4.33. The Balaban J connectivity index is 2.56. The normalized spacial score (nSPS) is 10.2. The summed E-state index contributed by atoms with van der Waals surface area (Å²) in [7, 11) is 0. The van der Waals surface area contributed by atoms with Crippen LogP contribution in [-0.2, 0) is 0 Å². The lowest BCUT2D eigenvalue weighted by Gasteiger charge is -1.97. The van der Waals surface area contributed by atoms with Gasteiger partial charge in [-0.05, 0) is 30.2 Å². The molecule has 0 aliphatic rings. The van der Waals surface area contributed by atoms with Gasteiger partial charge in [0.1, 0.15) is 0 Å². The maximum atomic E-state index is 8.04. The van der Waals surface area contributed by atoms with Crippen molar-refractivity contribution >= 4 is 23.4 Å². The number of nitrogens with zero attached hydrogens (tertiary/aromatic N) is 4. The summed E-state index contributed by atoms with van der Waals surface area (Å²) in [4.78, 5) is 6.68. The molecule has 0 bridgehead atoms. The molecule has 0 amide bonds. The highest BCUT2D eigenvalue weighted by Crippen LogP contribution is 2.15. The van der Waals surface area contributed by atoms with Crippen molar-refractivity contribution in [2.75, 3.05) is 12.3 Å². The van der Waals surface area contributed by atoms with Crippen molar-refractivity contribution in [1.82, 2.24) is 4.98 Å². The molecule has 0 saturated heterocycles. The fraction of sp³-hybridized carbons (Fsp3) is 0.222. The number of hydrogen-bond acceptors (Lipinski definition) is 3. The molecule has 15 heavy (non-hydrogen) atoms. The van der Waals surface area contributed by atoms with Crippen LogP contribution in [0, 0.1) is 0 Å². The third-order valence-electron chi connectivity index (χ3n) is 1.65. The summed E-state index contributed by atoms with van der Waals surface area (Å²) in [5.41, 5.74) is 14.7. The van der Waals surface area contributed by atoms with Gasteiger partial charge in [0.25, 0.3) is 0 Å². The summed E-state index contributed by atoms with van der Waals surface area (Å²) in [6.07, 6.45) is 4.34. The zero-order valence-corrected chi connectivity index (χ0v) is 8.72. The Morgan fingerprint density at radius 1 is 1.60 bits per heavy atom. The van der Waals surface area contributed by atoms with Crippen molar-refractivity contribution in [1.29, 1.82) is 0 Å². The summed E-state index contributed by atoms with van der Waals surface area (Å²) in [5.74, 6) is 0. The van der Waals surface area contributed by atoms with E-state index in [2.05, 4.69) is 15.0 Å². The van der Waals surface area contributed by atoms with Gasteiger partial charge in [0.05, 0.1) is 11.4 Å². The van der Waals surface area contributed by atoms with E-state index in [0.29, 0.717) is 23.8 Å². The van der Waals surface area contributed by atoms with Gasteiger partial charge in [-0.3, -0.25) is 0 Å². The second-order valence-electron chi connectivity index (χ2n) is 2.76. The summed E-state index contributed by atoms with van der Waals surface area (Å²) < 4.78 is 0. The summed E-state index contributed by atoms with van der Waals surface area (Å²) in [6, 6.07) is 3.47. The van der Waals surface area contributed by atoms with Gasteiger partial charge in [0, 0.05) is 11.5 Å². The zero-order valence-electron chi connectivity index (χ0n) is 7.97. The van der Waals surface area contributed by atoms with Gasteiger partial charge in [-0.25, -0.2) is 4.98 Å². The zero-order chi connectivity index (χ0) is 11.1. The van der Waals surface area contributed by atoms with E-state index in [1.807, 2.05) is 6.08 Å². The second kappa shape index (κ2) is 5.90. The Morgan fingerprint density at radius 2 is 2.40 bits per heavy atom. The Hall–Kier alpha value is -1.71. The molecule has 2 N–H and O–H groups in total. The lowest BCUT2D eigenvalue weighted by molar-refractivity contribution is 0.995. The fourth-order valence-electron chi connectivity index (χ4n) is 0.933. The van der Waals surface area contributed by atoms with E-state index in [4.69, 9.17) is 22.9 Å². The number of nitrogen functional groups attached to an aromatic ring is 1. The molecule has 0 spiro atoms. The van der Waals surface area contributed by atoms with Crippen LogP contribution < -0.4 is 5.73 Å². The van der Waals surface area contributed by atoms with Crippen LogP contribution in [0.2, 0.25) is 5.15 Å². The minimum Gasteiger partial charge on any atom is -0.396 e. The predicted molar refractivity (Wildman–Crippen MR) is 61.3 cm³/mol. The first-order valence-corrected chi connectivity index (χ1v) is 4.71. The molecule has 1 aromatic rings. The standard InChI is InChI=1S/C9H10ClN5/c10-9-8(11)5-4-7(14-9)3-1-2-6-13-15-12/h1,3-5H,2,6,11H2. The van der Waals surface area contributed by atoms with Crippen molar-refractivity contribution in [3.05, 3.63) is 39.5 Å². The number of halogens is 1. The van der Waals surface area contributed by atoms with Gasteiger partial charge in [0.2, 0.25) is 0 Å². The number of anilines is 1. The fourth-order valence-corrected chi connectivity index (χ4v) is 1.09. The average Bonchev–Trinajstić information content (AvgIpc) is 2.23. The van der Waals surface area contributed by atoms with Gasteiger partial charge < -0.3 is 5.73 Å². The van der Waals surface area contributed by atoms with E-state index >= 15 is 0 Å². The van der Waals surface area contributed by atoms with Gasteiger partial charge in [-0.15, -0.1) is 0 Å². The minimum absolute atomic E-state index is 0.298. The monoisotopic (exact) mass is 223 g/mol. The molecule has 0 unspecified atom stereocenters. The van der Waals surface area contributed by atoms with Crippen molar-refractivity contribution in [3.8, 4) is 0 Å². The van der Waals surface area contributed by atoms with Crippen LogP contribution >= 0.6 is 11.6 Å². The first kappa shape index (κ1) is 11.4. The number of aromatic nitrogens is 1. The van der Waals surface area contributed by atoms with E-state index in [1.54, 1.807) is 18.2 Å². The van der Waals surface area contributed by atoms with Crippen LogP contribution in [-0.4, -0.2) is 11.5 Å². The highest BCUT2D eigenvalue weighted by atomic mass is 35.5. The molecule has 6 heteroatoms. The second-order valence-corrected chi connectivity index (χ2v) is 3.12. The van der Waals surface area contributed by atoms with Gasteiger partial charge in [-0.2, -0.15) is 0 Å². The molecule has 0 fully saturated rings. The molecule has 0 aliphatic carbocycles. The van der Waals surface area contributed by atoms with Crippen LogP contribution in [0.4, 0.5) is 5.69 Å². The molecule has 0 aromatic carbocycles. The number of nitrogens with two attached hydrogens (primary N) is 1. The van der Waals surface area contributed by atoms with Crippen LogP contribution in [0.3, 0.4) is 0 Å². The Kier molecular flexibility index (Phi) is 4.47. The molecule has 0 aliphatic heterocycles. The van der Waals surface area contributed by atoms with Crippen LogP contribution in [0.25, 0.3) is 16.5 Å². The smallest absolute Gasteiger partial charge is 0.152 e. The van der Waals surface area contributed by atoms with E-state index in [1.165, 1.54) is 0 Å². The third kappa shape index (κ3) is 3.89. The van der Waals surface area contributed by atoms with Crippen LogP contribution in [0.5, 0.6) is 0 Å². The summed E-state index contributed by atoms with van der Waals surface area (Å²) in [5, 5.41) is 3.70. The largest absolute Gasteiger partial charge is 0.396 e. The molecule has 1 rings (SSSR count). The Morgan fingerprint density at radius 3 is 3.07 bits per heavy atom. The highest BCUT2D eigenvalue weighted by molar-refractivity contribution is 6.31. The molecule has 78 valence electrons. The van der Waals surface area contributed by atoms with Gasteiger partial charge in [-0.1, -0.05) is 22.8 Å². The number of pyridine rings is 1. The molecule has 0 radical (unpaired) electrons. The Bertz CT molecular complexity index is 409. The summed E-state index contributed by atoms with van der Waals surface area (Å²) >= 11 is 5.74. The van der Waals surface area contributed by atoms with E-state index in [0.717, 1.165) is 5.69 Å². The average molecular weight is 224 g/mol. The minimum atomic E-state index is 0.298. The number of hydrogen-bond donors (Lipinski definition) is 1. The maximum absolute atomic E-state index is 8.04. The molecule has 0 atom stereocenters. The predicted octanol–water partition coefficient (Wildman–Crippen LogP) is 3.03. The third-order valence-corrected chi connectivity index (χ3v) is 1.95. The van der Waals surface area contributed by atoms with E-state index < -0.39 is 0 Å². The molecular weight excluding hydrogens is 214 g/mol. The molecule has 1 heterocycles. The molecule has 1 aromatic heterocycles. The maximum Gasteiger partial charge on any atom is 0.152 e. The van der Waals surface area contributed by atoms with Crippen LogP contribution in [0.1, 0.15) is 12.1 Å². The SMILES string of the molecule is [N-]=[N+]=NCCC=Cc1ccc(N)c(Cl)n1. The lowest BCUT2D eigenvalue weighted by Crippen LogP contribution is -1.90. The van der Waals surface area contributed by atoms with Crippen molar-refractivity contribution in [3.63, 3.8) is 0 Å². The molecule has 5 nitrogen and oxygen atoms in total. The molecular formula is C9H10ClN5. The van der Waals surface area contributed by atoms with E-state index in [9.17, 15) is 0 Å². The van der Waals surface area contributed by atoms with E-state index in [-0.39, 0.29) is 0 Å². The Labute approximate surface area is 92.2 Å². The van der Waals surface area contributed by atoms with Gasteiger partial charge >= 0.3 is 0 Å². The van der Waals surface area contributed by atoms with Crippen molar-refractivity contribution < 1.29 is 0 Å². The lowest BCUT2D eigenvalue weighted by atomic mass is 10.3. The first-order chi connectivity index (χ1) is 7.24.